The van der Waals surface area contributed by atoms with Gasteiger partial charge in [-0.1, -0.05) is 0 Å². The Bertz CT molecular complexity index is 359. The zero-order valence-corrected chi connectivity index (χ0v) is 11.2. The summed E-state index contributed by atoms with van der Waals surface area (Å²) in [5.74, 6) is 1.28. The molecule has 1 fully saturated rings. The van der Waals surface area contributed by atoms with E-state index in [-0.39, 0.29) is 5.54 Å². The van der Waals surface area contributed by atoms with Gasteiger partial charge in [0.15, 0.2) is 0 Å². The Kier molecular flexibility index (Phi) is 3.05. The third-order valence-electron chi connectivity index (χ3n) is 3.18. The number of thioether (sulfide) groups is 1. The highest BCUT2D eigenvalue weighted by molar-refractivity contribution is 8.00. The van der Waals surface area contributed by atoms with Crippen LogP contribution in [0.3, 0.4) is 0 Å². The molecule has 1 saturated heterocycles. The number of imidazole rings is 1. The van der Waals surface area contributed by atoms with Gasteiger partial charge < -0.3 is 10.3 Å². The highest BCUT2D eigenvalue weighted by atomic mass is 32.2. The minimum absolute atomic E-state index is 0.309. The van der Waals surface area contributed by atoms with Crippen LogP contribution in [0, 0.1) is 0 Å². The lowest BCUT2D eigenvalue weighted by atomic mass is 10.0. The normalized spacial score (nSPS) is 26.2. The van der Waals surface area contributed by atoms with Gasteiger partial charge in [0.05, 0.1) is 17.6 Å². The summed E-state index contributed by atoms with van der Waals surface area (Å²) < 4.78 is 2.58. The Hall–Kier alpha value is -0.480. The molecule has 1 unspecified atom stereocenters. The van der Waals surface area contributed by atoms with E-state index in [1.807, 2.05) is 26.4 Å². The quantitative estimate of drug-likeness (QED) is 0.880. The van der Waals surface area contributed by atoms with Gasteiger partial charge in [0, 0.05) is 17.5 Å². The first-order chi connectivity index (χ1) is 7.41. The molecule has 0 radical (unpaired) electrons. The van der Waals surface area contributed by atoms with Crippen molar-refractivity contribution in [2.75, 3.05) is 5.75 Å². The Morgan fingerprint density at radius 3 is 2.94 bits per heavy atom. The van der Waals surface area contributed by atoms with Crippen molar-refractivity contribution in [1.29, 1.82) is 0 Å². The van der Waals surface area contributed by atoms with Crippen molar-refractivity contribution >= 4 is 11.8 Å². The maximum Gasteiger partial charge on any atom is 0.0949 e. The molecule has 16 heavy (non-hydrogen) atoms. The zero-order chi connectivity index (χ0) is 11.8. The van der Waals surface area contributed by atoms with Crippen molar-refractivity contribution < 1.29 is 0 Å². The van der Waals surface area contributed by atoms with Crippen LogP contribution in [-0.2, 0) is 12.1 Å². The number of rotatable bonds is 3. The van der Waals surface area contributed by atoms with Gasteiger partial charge in [0.25, 0.3) is 0 Å². The second-order valence-corrected chi connectivity index (χ2v) is 7.21. The van der Waals surface area contributed by atoms with Crippen LogP contribution in [0.1, 0.15) is 39.3 Å². The van der Waals surface area contributed by atoms with Crippen molar-refractivity contribution in [2.45, 2.75) is 50.4 Å². The topological polar surface area (TPSA) is 43.8 Å². The highest BCUT2D eigenvalue weighted by Crippen LogP contribution is 2.39. The molecule has 1 aliphatic heterocycles. The van der Waals surface area contributed by atoms with Crippen LogP contribution in [0.15, 0.2) is 12.5 Å². The molecule has 4 heteroatoms. The summed E-state index contributed by atoms with van der Waals surface area (Å²) >= 11 is 2.07. The second-order valence-electron chi connectivity index (χ2n) is 5.53. The molecule has 0 aliphatic carbocycles. The monoisotopic (exact) mass is 239 g/mol. The molecular weight excluding hydrogens is 218 g/mol. The second kappa shape index (κ2) is 4.08. The first-order valence-corrected chi connectivity index (χ1v) is 6.83. The first-order valence-electron chi connectivity index (χ1n) is 5.84. The van der Waals surface area contributed by atoms with Crippen LogP contribution in [0.2, 0.25) is 0 Å². The lowest BCUT2D eigenvalue weighted by Gasteiger charge is -2.27. The minimum Gasteiger partial charge on any atom is -0.332 e. The average molecular weight is 239 g/mol. The number of nitrogens with two attached hydrogens (primary N) is 1. The molecule has 1 aliphatic rings. The smallest absolute Gasteiger partial charge is 0.0949 e. The fraction of sp³-hybridized carbons (Fsp3) is 0.750. The van der Waals surface area contributed by atoms with E-state index in [2.05, 4.69) is 28.2 Å². The molecule has 0 aromatic carbocycles. The van der Waals surface area contributed by atoms with Gasteiger partial charge >= 0.3 is 0 Å². The maximum atomic E-state index is 6.15. The number of hydrogen-bond acceptors (Lipinski definition) is 3. The van der Waals surface area contributed by atoms with E-state index in [1.54, 1.807) is 0 Å². The van der Waals surface area contributed by atoms with E-state index in [0.29, 0.717) is 4.75 Å². The van der Waals surface area contributed by atoms with Gasteiger partial charge in [0.2, 0.25) is 0 Å². The number of nitrogens with zero attached hydrogens (tertiary/aromatic N) is 2. The van der Waals surface area contributed by atoms with Crippen LogP contribution < -0.4 is 5.73 Å². The van der Waals surface area contributed by atoms with Crippen molar-refractivity contribution in [3.8, 4) is 0 Å². The summed E-state index contributed by atoms with van der Waals surface area (Å²) in [6.45, 7) is 7.43. The van der Waals surface area contributed by atoms with E-state index >= 15 is 0 Å². The molecular formula is C12H21N3S. The minimum atomic E-state index is -0.309. The van der Waals surface area contributed by atoms with Gasteiger partial charge in [-0.3, -0.25) is 0 Å². The molecule has 0 bridgehead atoms. The summed E-state index contributed by atoms with van der Waals surface area (Å²) in [6, 6.07) is 0. The Morgan fingerprint density at radius 1 is 1.62 bits per heavy atom. The summed E-state index contributed by atoms with van der Waals surface area (Å²) in [6.07, 6.45) is 6.43. The molecule has 2 heterocycles. The molecule has 2 N–H and O–H groups in total. The number of aromatic nitrogens is 2. The average Bonchev–Trinajstić information content (AvgIpc) is 2.73. The van der Waals surface area contributed by atoms with Gasteiger partial charge in [0.1, 0.15) is 0 Å². The van der Waals surface area contributed by atoms with Crippen LogP contribution in [-0.4, -0.2) is 20.1 Å². The van der Waals surface area contributed by atoms with Crippen molar-refractivity contribution in [2.24, 2.45) is 5.73 Å². The fourth-order valence-corrected chi connectivity index (χ4v) is 3.61. The summed E-state index contributed by atoms with van der Waals surface area (Å²) in [7, 11) is 0. The standard InChI is InChI=1S/C12H21N3S/c1-11(2,13)10-7-14-9-15(10)8-12(3)5-4-6-16-12/h7,9H,4-6,8,13H2,1-3H3. The lowest BCUT2D eigenvalue weighted by Crippen LogP contribution is -2.34. The molecule has 2 rings (SSSR count). The van der Waals surface area contributed by atoms with E-state index in [4.69, 9.17) is 5.73 Å². The predicted octanol–water partition coefficient (Wildman–Crippen LogP) is 2.36. The molecule has 0 spiro atoms. The van der Waals surface area contributed by atoms with Crippen molar-refractivity contribution in [3.05, 3.63) is 18.2 Å². The van der Waals surface area contributed by atoms with Crippen LogP contribution in [0.25, 0.3) is 0 Å². The largest absolute Gasteiger partial charge is 0.332 e. The van der Waals surface area contributed by atoms with Crippen molar-refractivity contribution in [3.63, 3.8) is 0 Å². The highest BCUT2D eigenvalue weighted by Gasteiger charge is 2.31. The first kappa shape index (κ1) is 12.0. The number of hydrogen-bond donors (Lipinski definition) is 1. The van der Waals surface area contributed by atoms with Crippen molar-refractivity contribution in [1.82, 2.24) is 9.55 Å². The van der Waals surface area contributed by atoms with Gasteiger partial charge in [-0.2, -0.15) is 11.8 Å². The van der Waals surface area contributed by atoms with Gasteiger partial charge in [-0.25, -0.2) is 4.98 Å². The van der Waals surface area contributed by atoms with Crippen LogP contribution in [0.4, 0.5) is 0 Å². The fourth-order valence-electron chi connectivity index (χ4n) is 2.31. The Morgan fingerprint density at radius 2 is 2.38 bits per heavy atom. The molecule has 0 saturated carbocycles. The van der Waals surface area contributed by atoms with Gasteiger partial charge in [-0.15, -0.1) is 0 Å². The predicted molar refractivity (Wildman–Crippen MR) is 69.5 cm³/mol. The van der Waals surface area contributed by atoms with E-state index in [0.717, 1.165) is 12.2 Å². The Labute approximate surface area is 102 Å². The molecule has 3 nitrogen and oxygen atoms in total. The van der Waals surface area contributed by atoms with Gasteiger partial charge in [-0.05, 0) is 39.4 Å². The molecule has 1 aromatic heterocycles. The third-order valence-corrected chi connectivity index (χ3v) is 4.70. The molecule has 0 amide bonds. The summed E-state index contributed by atoms with van der Waals surface area (Å²) in [5, 5.41) is 0. The van der Waals surface area contributed by atoms with E-state index in [9.17, 15) is 0 Å². The zero-order valence-electron chi connectivity index (χ0n) is 10.4. The third kappa shape index (κ3) is 2.43. The van der Waals surface area contributed by atoms with E-state index < -0.39 is 0 Å². The Balaban J connectivity index is 2.19. The van der Waals surface area contributed by atoms with Crippen LogP contribution >= 0.6 is 11.8 Å². The molecule has 90 valence electrons. The molecule has 1 aromatic rings. The molecule has 1 atom stereocenters. The summed E-state index contributed by atoms with van der Waals surface area (Å²) in [5.41, 5.74) is 6.97. The maximum absolute atomic E-state index is 6.15. The van der Waals surface area contributed by atoms with E-state index in [1.165, 1.54) is 18.6 Å². The SMILES string of the molecule is CC1(Cn2cncc2C(C)(C)N)CCCS1. The summed E-state index contributed by atoms with van der Waals surface area (Å²) in [4.78, 5) is 4.24. The lowest BCUT2D eigenvalue weighted by molar-refractivity contribution is 0.448. The van der Waals surface area contributed by atoms with Crippen LogP contribution in [0.5, 0.6) is 0 Å².